The molecule has 198 valence electrons. The van der Waals surface area contributed by atoms with Crippen LogP contribution in [0.25, 0.3) is 11.2 Å². The van der Waals surface area contributed by atoms with Gasteiger partial charge < -0.3 is 35.2 Å². The van der Waals surface area contributed by atoms with Crippen molar-refractivity contribution in [2.45, 2.75) is 38.4 Å². The SMILES string of the molecule is CC(C)COP(=O)(O)OP(=O)(O)OC[C@H]1O[C@@H](n2cnc3c(N)ncnc32)[C@H](O)[C@@H]1OP(=O)(O)O. The maximum Gasteiger partial charge on any atom is 0.481 e. The van der Waals surface area contributed by atoms with Gasteiger partial charge in [-0.3, -0.25) is 18.1 Å². The van der Waals surface area contributed by atoms with E-state index in [9.17, 15) is 38.4 Å². The molecule has 21 heteroatoms. The molecule has 2 unspecified atom stereocenters. The van der Waals surface area contributed by atoms with Gasteiger partial charge in [-0.2, -0.15) is 4.31 Å². The number of fused-ring (bicyclic) bond motifs is 1. The van der Waals surface area contributed by atoms with Crippen LogP contribution in [0, 0.1) is 5.92 Å². The predicted octanol–water partition coefficient (Wildman–Crippen LogP) is 0.0513. The number of nitrogen functional groups attached to an aromatic ring is 1. The molecule has 0 saturated carbocycles. The normalized spacial score (nSPS) is 26.7. The first-order valence-corrected chi connectivity index (χ1v) is 14.3. The Balaban J connectivity index is 1.79. The van der Waals surface area contributed by atoms with Crippen LogP contribution in [0.5, 0.6) is 0 Å². The summed E-state index contributed by atoms with van der Waals surface area (Å²) in [7, 11) is -15.5. The molecule has 0 radical (unpaired) electrons. The lowest BCUT2D eigenvalue weighted by atomic mass is 10.1. The van der Waals surface area contributed by atoms with Gasteiger partial charge in [-0.25, -0.2) is 28.6 Å². The average molecular weight is 563 g/mol. The molecule has 3 rings (SSSR count). The summed E-state index contributed by atoms with van der Waals surface area (Å²) >= 11 is 0. The summed E-state index contributed by atoms with van der Waals surface area (Å²) < 4.78 is 60.2. The van der Waals surface area contributed by atoms with Gasteiger partial charge in [0, 0.05) is 0 Å². The van der Waals surface area contributed by atoms with E-state index in [0.29, 0.717) is 0 Å². The molecule has 35 heavy (non-hydrogen) atoms. The van der Waals surface area contributed by atoms with Crippen LogP contribution in [0.2, 0.25) is 0 Å². The molecule has 7 N–H and O–H groups in total. The van der Waals surface area contributed by atoms with Crippen molar-refractivity contribution >= 4 is 40.4 Å². The van der Waals surface area contributed by atoms with E-state index in [1.54, 1.807) is 13.8 Å². The monoisotopic (exact) mass is 563 g/mol. The summed E-state index contributed by atoms with van der Waals surface area (Å²) in [5.74, 6) is -0.190. The molecule has 0 aliphatic carbocycles. The Labute approximate surface area is 197 Å². The van der Waals surface area contributed by atoms with Crippen molar-refractivity contribution in [3.05, 3.63) is 12.7 Å². The van der Waals surface area contributed by atoms with Gasteiger partial charge in [-0.05, 0) is 5.92 Å². The zero-order chi connectivity index (χ0) is 26.2. The summed E-state index contributed by atoms with van der Waals surface area (Å²) in [4.78, 5) is 49.6. The van der Waals surface area contributed by atoms with Gasteiger partial charge in [0.05, 0.1) is 19.5 Å². The highest BCUT2D eigenvalue weighted by Gasteiger charge is 2.50. The van der Waals surface area contributed by atoms with E-state index in [2.05, 4.69) is 32.8 Å². The van der Waals surface area contributed by atoms with Gasteiger partial charge in [0.15, 0.2) is 17.7 Å². The summed E-state index contributed by atoms with van der Waals surface area (Å²) in [6, 6.07) is 0. The van der Waals surface area contributed by atoms with E-state index in [4.69, 9.17) is 10.5 Å². The lowest BCUT2D eigenvalue weighted by molar-refractivity contribution is -0.0502. The highest BCUT2D eigenvalue weighted by molar-refractivity contribution is 7.61. The van der Waals surface area contributed by atoms with Gasteiger partial charge in [-0.15, -0.1) is 0 Å². The lowest BCUT2D eigenvalue weighted by Crippen LogP contribution is -2.35. The second kappa shape index (κ2) is 10.6. The number of phosphoric ester groups is 3. The van der Waals surface area contributed by atoms with Gasteiger partial charge in [0.2, 0.25) is 0 Å². The minimum atomic E-state index is -5.26. The molecular weight excluding hydrogens is 539 g/mol. The van der Waals surface area contributed by atoms with Crippen LogP contribution in [0.4, 0.5) is 5.82 Å². The second-order valence-corrected chi connectivity index (χ2v) is 11.9. The molecule has 2 aromatic rings. The van der Waals surface area contributed by atoms with Crippen molar-refractivity contribution < 1.29 is 61.0 Å². The molecule has 0 amide bonds. The summed E-state index contributed by atoms with van der Waals surface area (Å²) in [5.41, 5.74) is 5.96. The third kappa shape index (κ3) is 7.33. The van der Waals surface area contributed by atoms with E-state index in [-0.39, 0.29) is 29.5 Å². The summed E-state index contributed by atoms with van der Waals surface area (Å²) in [5, 5.41) is 10.7. The molecule has 3 heterocycles. The lowest BCUT2D eigenvalue weighted by Gasteiger charge is -2.22. The fourth-order valence-corrected chi connectivity index (χ4v) is 5.84. The Kier molecular flexibility index (Phi) is 8.51. The van der Waals surface area contributed by atoms with E-state index < -0.39 is 54.6 Å². The van der Waals surface area contributed by atoms with E-state index in [0.717, 1.165) is 12.7 Å². The number of nitrogens with zero attached hydrogens (tertiary/aromatic N) is 4. The quantitative estimate of drug-likeness (QED) is 0.197. The number of aliphatic hydroxyl groups is 1. The molecule has 1 aliphatic heterocycles. The predicted molar refractivity (Wildman–Crippen MR) is 114 cm³/mol. The third-order valence-corrected chi connectivity index (χ3v) is 7.53. The number of ether oxygens (including phenoxy) is 1. The van der Waals surface area contributed by atoms with Gasteiger partial charge in [-0.1, -0.05) is 13.8 Å². The van der Waals surface area contributed by atoms with E-state index in [1.165, 1.54) is 4.57 Å². The van der Waals surface area contributed by atoms with Crippen LogP contribution in [-0.4, -0.2) is 75.7 Å². The zero-order valence-electron chi connectivity index (χ0n) is 18.2. The minimum absolute atomic E-state index is 0.00984. The molecule has 0 aromatic carbocycles. The number of aliphatic hydroxyl groups excluding tert-OH is 1. The number of hydrogen-bond acceptors (Lipinski definition) is 13. The molecule has 18 nitrogen and oxygen atoms in total. The van der Waals surface area contributed by atoms with Crippen LogP contribution >= 0.6 is 23.5 Å². The maximum absolute atomic E-state index is 12.2. The van der Waals surface area contributed by atoms with Crippen molar-refractivity contribution in [3.8, 4) is 0 Å². The van der Waals surface area contributed by atoms with Gasteiger partial charge >= 0.3 is 23.5 Å². The molecule has 2 aromatic heterocycles. The Morgan fingerprint density at radius 2 is 1.77 bits per heavy atom. The molecule has 6 atom stereocenters. The molecular formula is C14H24N5O13P3. The first kappa shape index (κ1) is 28.2. The van der Waals surface area contributed by atoms with Crippen LogP contribution in [-0.2, 0) is 36.3 Å². The standard InChI is InChI=1S/C14H24N5O13P3/c1-7(2)3-28-34(24,25)32-35(26,27)29-4-8-11(31-33(21,22)23)10(20)14(30-8)19-6-18-9-12(15)16-5-17-13(9)19/h5-8,10-11,14,20H,3-4H2,1-2H3,(H,24,25)(H,26,27)(H2,15,16,17)(H2,21,22,23)/t8-,10-,11-,14-/m1/s1. The topological polar surface area (TPSA) is 268 Å². The van der Waals surface area contributed by atoms with Crippen LogP contribution in [0.15, 0.2) is 12.7 Å². The highest BCUT2D eigenvalue weighted by Crippen LogP contribution is 2.60. The summed E-state index contributed by atoms with van der Waals surface area (Å²) in [6.45, 7) is 2.07. The molecule has 1 saturated heterocycles. The second-order valence-electron chi connectivity index (χ2n) is 7.70. The highest BCUT2D eigenvalue weighted by atomic mass is 31.3. The van der Waals surface area contributed by atoms with Gasteiger partial charge in [0.25, 0.3) is 0 Å². The summed E-state index contributed by atoms with van der Waals surface area (Å²) in [6.07, 6.45) is -4.31. The minimum Gasteiger partial charge on any atom is -0.386 e. The fraction of sp³-hybridized carbons (Fsp3) is 0.643. The number of anilines is 1. The number of aromatic nitrogens is 4. The largest absolute Gasteiger partial charge is 0.481 e. The van der Waals surface area contributed by atoms with Crippen LogP contribution < -0.4 is 5.73 Å². The first-order chi connectivity index (χ1) is 16.1. The Hall–Kier alpha value is -1.36. The van der Waals surface area contributed by atoms with Crippen molar-refractivity contribution in [1.29, 1.82) is 0 Å². The molecule has 0 spiro atoms. The van der Waals surface area contributed by atoms with Crippen molar-refractivity contribution in [1.82, 2.24) is 19.5 Å². The first-order valence-electron chi connectivity index (χ1n) is 9.75. The Bertz CT molecular complexity index is 1190. The van der Waals surface area contributed by atoms with Crippen molar-refractivity contribution in [3.63, 3.8) is 0 Å². The van der Waals surface area contributed by atoms with E-state index in [1.807, 2.05) is 0 Å². The Morgan fingerprint density at radius 1 is 1.11 bits per heavy atom. The van der Waals surface area contributed by atoms with Gasteiger partial charge in [0.1, 0.15) is 30.2 Å². The molecule has 0 bridgehead atoms. The third-order valence-electron chi connectivity index (χ3n) is 4.41. The average Bonchev–Trinajstić information content (AvgIpc) is 3.26. The molecule has 1 aliphatic rings. The number of rotatable bonds is 11. The van der Waals surface area contributed by atoms with Crippen LogP contribution in [0.3, 0.4) is 0 Å². The Morgan fingerprint density at radius 3 is 2.40 bits per heavy atom. The van der Waals surface area contributed by atoms with Crippen molar-refractivity contribution in [2.75, 3.05) is 18.9 Å². The molecule has 1 fully saturated rings. The zero-order valence-corrected chi connectivity index (χ0v) is 20.8. The van der Waals surface area contributed by atoms with E-state index >= 15 is 0 Å². The van der Waals surface area contributed by atoms with Crippen LogP contribution in [0.1, 0.15) is 20.1 Å². The maximum atomic E-state index is 12.2. The fourth-order valence-electron chi connectivity index (χ4n) is 3.02. The number of nitrogens with two attached hydrogens (primary N) is 1. The number of phosphoric acid groups is 3. The number of imidazole rings is 1. The van der Waals surface area contributed by atoms with Crippen molar-refractivity contribution in [2.24, 2.45) is 5.92 Å². The number of hydrogen-bond donors (Lipinski definition) is 6. The smallest absolute Gasteiger partial charge is 0.386 e.